The second-order valence-corrected chi connectivity index (χ2v) is 9.22. The molecule has 2 aromatic carbocycles. The van der Waals surface area contributed by atoms with Crippen molar-refractivity contribution in [2.75, 3.05) is 26.2 Å². The maximum Gasteiger partial charge on any atom is 0.233 e. The van der Waals surface area contributed by atoms with Crippen molar-refractivity contribution in [3.05, 3.63) is 70.3 Å². The number of fused-ring (bicyclic) bond motifs is 1. The van der Waals surface area contributed by atoms with Crippen LogP contribution in [0.1, 0.15) is 24.0 Å². The Bertz CT molecular complexity index is 1110. The molecule has 1 aliphatic carbocycles. The van der Waals surface area contributed by atoms with E-state index in [1.165, 1.54) is 0 Å². The Balaban J connectivity index is 1.22. The Morgan fingerprint density at radius 3 is 2.43 bits per heavy atom. The molecule has 1 saturated carbocycles. The average Bonchev–Trinajstić information content (AvgIpc) is 3.50. The van der Waals surface area contributed by atoms with E-state index in [4.69, 9.17) is 0 Å². The second kappa shape index (κ2) is 7.58. The van der Waals surface area contributed by atoms with Gasteiger partial charge in [-0.3, -0.25) is 9.59 Å². The summed E-state index contributed by atoms with van der Waals surface area (Å²) in [6, 6.07) is 16.1. The fraction of sp³-hybridized carbons (Fsp3) is 0.333. The molecular weight excluding hydrogens is 442 g/mol. The summed E-state index contributed by atoms with van der Waals surface area (Å²) in [4.78, 5) is 33.2. The molecule has 1 aliphatic heterocycles. The number of para-hydroxylation sites is 1. The van der Waals surface area contributed by atoms with Crippen molar-refractivity contribution in [3.8, 4) is 0 Å². The third-order valence-corrected chi connectivity index (χ3v) is 6.97. The maximum atomic E-state index is 13.3. The van der Waals surface area contributed by atoms with E-state index < -0.39 is 0 Å². The molecule has 154 valence electrons. The summed E-state index contributed by atoms with van der Waals surface area (Å²) in [7, 11) is 0. The normalized spacial score (nSPS) is 17.9. The lowest BCUT2D eigenvalue weighted by atomic mass is 9.94. The van der Waals surface area contributed by atoms with Crippen molar-refractivity contribution in [2.45, 2.75) is 24.7 Å². The van der Waals surface area contributed by atoms with Crippen LogP contribution in [0.25, 0.3) is 10.9 Å². The highest BCUT2D eigenvalue weighted by atomic mass is 79.9. The number of H-pyrrole nitrogens is 1. The first-order valence-electron chi connectivity index (χ1n) is 10.4. The van der Waals surface area contributed by atoms with Crippen LogP contribution >= 0.6 is 15.9 Å². The Labute approximate surface area is 184 Å². The van der Waals surface area contributed by atoms with E-state index in [1.54, 1.807) is 0 Å². The lowest BCUT2D eigenvalue weighted by Gasteiger charge is -2.36. The van der Waals surface area contributed by atoms with E-state index in [2.05, 4.69) is 33.0 Å². The highest BCUT2D eigenvalue weighted by molar-refractivity contribution is 9.10. The summed E-state index contributed by atoms with van der Waals surface area (Å²) in [5, 5.41) is 1.10. The Kier molecular flexibility index (Phi) is 4.89. The number of amides is 2. The molecule has 30 heavy (non-hydrogen) atoms. The number of rotatable bonds is 4. The van der Waals surface area contributed by atoms with Gasteiger partial charge in [-0.1, -0.05) is 46.3 Å². The van der Waals surface area contributed by atoms with Crippen LogP contribution in [0.2, 0.25) is 0 Å². The van der Waals surface area contributed by atoms with Crippen molar-refractivity contribution >= 4 is 38.6 Å². The van der Waals surface area contributed by atoms with Gasteiger partial charge in [0, 0.05) is 47.8 Å². The van der Waals surface area contributed by atoms with Crippen LogP contribution in [0.3, 0.4) is 0 Å². The van der Waals surface area contributed by atoms with Crippen LogP contribution in [0.15, 0.2) is 59.2 Å². The van der Waals surface area contributed by atoms with E-state index in [-0.39, 0.29) is 17.2 Å². The fourth-order valence-corrected chi connectivity index (χ4v) is 4.95. The van der Waals surface area contributed by atoms with Gasteiger partial charge in [-0.15, -0.1) is 0 Å². The molecule has 1 aromatic heterocycles. The van der Waals surface area contributed by atoms with Gasteiger partial charge in [0.15, 0.2) is 0 Å². The molecule has 1 saturated heterocycles. The number of benzene rings is 2. The number of aromatic nitrogens is 1. The zero-order chi connectivity index (χ0) is 20.7. The molecule has 5 nitrogen and oxygen atoms in total. The monoisotopic (exact) mass is 465 g/mol. The largest absolute Gasteiger partial charge is 0.361 e. The van der Waals surface area contributed by atoms with Gasteiger partial charge in [0.05, 0.1) is 11.8 Å². The highest BCUT2D eigenvalue weighted by Crippen LogP contribution is 2.50. The van der Waals surface area contributed by atoms with Gasteiger partial charge >= 0.3 is 0 Å². The topological polar surface area (TPSA) is 56.4 Å². The molecule has 0 atom stereocenters. The molecule has 5 rings (SSSR count). The summed E-state index contributed by atoms with van der Waals surface area (Å²) >= 11 is 3.52. The van der Waals surface area contributed by atoms with Gasteiger partial charge in [-0.05, 0) is 42.2 Å². The molecular formula is C24H24BrN3O2. The van der Waals surface area contributed by atoms with Crippen molar-refractivity contribution < 1.29 is 9.59 Å². The molecule has 6 heteroatoms. The molecule has 2 amide bonds. The van der Waals surface area contributed by atoms with Crippen molar-refractivity contribution in [1.82, 2.24) is 14.8 Å². The summed E-state index contributed by atoms with van der Waals surface area (Å²) in [6.45, 7) is 2.41. The van der Waals surface area contributed by atoms with Crippen molar-refractivity contribution in [1.29, 1.82) is 0 Å². The SMILES string of the molecule is O=C(Cc1c[nH]c2ccccc12)N1CCN(C(=O)C2(c3cccc(Br)c3)CC2)CC1. The molecule has 0 radical (unpaired) electrons. The van der Waals surface area contributed by atoms with Crippen LogP contribution < -0.4 is 0 Å². The fourth-order valence-electron chi connectivity index (χ4n) is 4.55. The number of hydrogen-bond donors (Lipinski definition) is 1. The smallest absolute Gasteiger partial charge is 0.233 e. The summed E-state index contributed by atoms with van der Waals surface area (Å²) in [5.41, 5.74) is 2.82. The van der Waals surface area contributed by atoms with Crippen molar-refractivity contribution in [2.24, 2.45) is 0 Å². The number of nitrogens with one attached hydrogen (secondary N) is 1. The minimum absolute atomic E-state index is 0.125. The van der Waals surface area contributed by atoms with Gasteiger partial charge in [0.1, 0.15) is 0 Å². The van der Waals surface area contributed by atoms with Crippen LogP contribution in [-0.4, -0.2) is 52.8 Å². The van der Waals surface area contributed by atoms with Crippen LogP contribution in [0.5, 0.6) is 0 Å². The van der Waals surface area contributed by atoms with Gasteiger partial charge < -0.3 is 14.8 Å². The van der Waals surface area contributed by atoms with E-state index in [0.717, 1.165) is 39.3 Å². The van der Waals surface area contributed by atoms with Gasteiger partial charge in [-0.25, -0.2) is 0 Å². The highest BCUT2D eigenvalue weighted by Gasteiger charge is 2.53. The van der Waals surface area contributed by atoms with Crippen LogP contribution in [0.4, 0.5) is 0 Å². The molecule has 3 aromatic rings. The molecule has 2 heterocycles. The zero-order valence-electron chi connectivity index (χ0n) is 16.7. The maximum absolute atomic E-state index is 13.3. The molecule has 2 fully saturated rings. The lowest BCUT2D eigenvalue weighted by Crippen LogP contribution is -2.53. The van der Waals surface area contributed by atoms with Gasteiger partial charge in [0.2, 0.25) is 11.8 Å². The van der Waals surface area contributed by atoms with Gasteiger partial charge in [0.25, 0.3) is 0 Å². The van der Waals surface area contributed by atoms with Crippen molar-refractivity contribution in [3.63, 3.8) is 0 Å². The van der Waals surface area contributed by atoms with Crippen LogP contribution in [-0.2, 0) is 21.4 Å². The first-order valence-corrected chi connectivity index (χ1v) is 11.2. The molecule has 1 N–H and O–H groups in total. The summed E-state index contributed by atoms with van der Waals surface area (Å²) < 4.78 is 1.01. The molecule has 2 aliphatic rings. The Morgan fingerprint density at radius 2 is 1.70 bits per heavy atom. The Morgan fingerprint density at radius 1 is 0.967 bits per heavy atom. The minimum Gasteiger partial charge on any atom is -0.361 e. The third kappa shape index (κ3) is 3.43. The lowest BCUT2D eigenvalue weighted by molar-refractivity contribution is -0.140. The standard InChI is InChI=1S/C24H24BrN3O2/c25-19-5-3-4-18(15-19)24(8-9-24)23(30)28-12-10-27(11-13-28)22(29)14-17-16-26-21-7-2-1-6-20(17)21/h1-7,15-16,26H,8-14H2. The van der Waals surface area contributed by atoms with E-state index in [1.807, 2.05) is 52.4 Å². The van der Waals surface area contributed by atoms with Gasteiger partial charge in [-0.2, -0.15) is 0 Å². The number of hydrogen-bond acceptors (Lipinski definition) is 2. The third-order valence-electron chi connectivity index (χ3n) is 6.47. The number of carbonyl (C=O) groups excluding carboxylic acids is 2. The predicted molar refractivity (Wildman–Crippen MR) is 120 cm³/mol. The predicted octanol–water partition coefficient (Wildman–Crippen LogP) is 3.88. The van der Waals surface area contributed by atoms with E-state index in [0.29, 0.717) is 32.6 Å². The summed E-state index contributed by atoms with van der Waals surface area (Å²) in [5.74, 6) is 0.337. The quantitative estimate of drug-likeness (QED) is 0.635. The van der Waals surface area contributed by atoms with Crippen LogP contribution in [0, 0.1) is 0 Å². The summed E-state index contributed by atoms with van der Waals surface area (Å²) in [6.07, 6.45) is 4.13. The Hall–Kier alpha value is -2.60. The number of halogens is 1. The second-order valence-electron chi connectivity index (χ2n) is 8.30. The number of nitrogens with zero attached hydrogens (tertiary/aromatic N) is 2. The molecule has 0 bridgehead atoms. The molecule has 0 spiro atoms. The molecule has 0 unspecified atom stereocenters. The zero-order valence-corrected chi connectivity index (χ0v) is 18.3. The number of carbonyl (C=O) groups is 2. The number of piperazine rings is 1. The van der Waals surface area contributed by atoms with E-state index >= 15 is 0 Å². The van der Waals surface area contributed by atoms with E-state index in [9.17, 15) is 9.59 Å². The average molecular weight is 466 g/mol. The number of aromatic amines is 1. The first kappa shape index (κ1) is 19.4. The first-order chi connectivity index (χ1) is 14.6. The minimum atomic E-state index is -0.361.